The predicted octanol–water partition coefficient (Wildman–Crippen LogP) is 4.20. The van der Waals surface area contributed by atoms with Gasteiger partial charge in [0.25, 0.3) is 0 Å². The molecule has 0 aliphatic rings. The van der Waals surface area contributed by atoms with Crippen LogP contribution < -0.4 is 10.6 Å². The van der Waals surface area contributed by atoms with Crippen molar-refractivity contribution in [1.82, 2.24) is 10.6 Å². The smallest absolute Gasteiger partial charge is 0.191 e. The number of rotatable bonds is 5. The van der Waals surface area contributed by atoms with E-state index < -0.39 is 0 Å². The SMILES string of the molecule is CN=C(NCc1ccc(C)s1)NCC(C)c1cccs1.I. The number of aryl methyl sites for hydroxylation is 1. The molecule has 0 spiro atoms. The lowest BCUT2D eigenvalue weighted by molar-refractivity contribution is 0.709. The fourth-order valence-electron chi connectivity index (χ4n) is 1.89. The summed E-state index contributed by atoms with van der Waals surface area (Å²) in [5.41, 5.74) is 0. The summed E-state index contributed by atoms with van der Waals surface area (Å²) in [5, 5.41) is 8.86. The summed E-state index contributed by atoms with van der Waals surface area (Å²) in [7, 11) is 1.81. The van der Waals surface area contributed by atoms with Crippen LogP contribution >= 0.6 is 46.7 Å². The molecule has 0 bridgehead atoms. The summed E-state index contributed by atoms with van der Waals surface area (Å²) in [6.07, 6.45) is 0. The summed E-state index contributed by atoms with van der Waals surface area (Å²) in [6.45, 7) is 6.08. The Labute approximate surface area is 151 Å². The second kappa shape index (κ2) is 9.42. The molecule has 0 aliphatic carbocycles. The highest BCUT2D eigenvalue weighted by Crippen LogP contribution is 2.19. The second-order valence-corrected chi connectivity index (χ2v) is 7.09. The average Bonchev–Trinajstić information content (AvgIpc) is 3.10. The van der Waals surface area contributed by atoms with Gasteiger partial charge < -0.3 is 10.6 Å². The Morgan fingerprint density at radius 2 is 2.10 bits per heavy atom. The van der Waals surface area contributed by atoms with Crippen LogP contribution in [0, 0.1) is 6.92 Å². The van der Waals surface area contributed by atoms with E-state index >= 15 is 0 Å². The van der Waals surface area contributed by atoms with Crippen molar-refractivity contribution in [3.63, 3.8) is 0 Å². The van der Waals surface area contributed by atoms with Crippen molar-refractivity contribution >= 4 is 52.6 Å². The van der Waals surface area contributed by atoms with E-state index in [4.69, 9.17) is 0 Å². The van der Waals surface area contributed by atoms with Gasteiger partial charge in [0.05, 0.1) is 6.54 Å². The van der Waals surface area contributed by atoms with Crippen molar-refractivity contribution in [2.75, 3.05) is 13.6 Å². The van der Waals surface area contributed by atoms with Gasteiger partial charge in [0.1, 0.15) is 0 Å². The van der Waals surface area contributed by atoms with Gasteiger partial charge in [0, 0.05) is 34.1 Å². The average molecular weight is 435 g/mol. The zero-order chi connectivity index (χ0) is 14.4. The maximum atomic E-state index is 4.27. The lowest BCUT2D eigenvalue weighted by atomic mass is 10.1. The molecule has 1 unspecified atom stereocenters. The third-order valence-corrected chi connectivity index (χ3v) is 5.16. The summed E-state index contributed by atoms with van der Waals surface area (Å²) in [5.74, 6) is 1.36. The van der Waals surface area contributed by atoms with E-state index in [1.54, 1.807) is 11.3 Å². The van der Waals surface area contributed by atoms with E-state index in [1.807, 2.05) is 18.4 Å². The zero-order valence-corrected chi connectivity index (χ0v) is 16.5. The molecule has 21 heavy (non-hydrogen) atoms. The van der Waals surface area contributed by atoms with E-state index in [1.165, 1.54) is 14.6 Å². The van der Waals surface area contributed by atoms with Crippen LogP contribution in [0.1, 0.15) is 27.5 Å². The Bertz CT molecular complexity index is 549. The van der Waals surface area contributed by atoms with Crippen LogP contribution in [0.5, 0.6) is 0 Å². The van der Waals surface area contributed by atoms with Gasteiger partial charge in [-0.3, -0.25) is 4.99 Å². The monoisotopic (exact) mass is 435 g/mol. The normalized spacial score (nSPS) is 12.6. The quantitative estimate of drug-likeness (QED) is 0.420. The van der Waals surface area contributed by atoms with E-state index in [2.05, 4.69) is 59.1 Å². The molecule has 2 heterocycles. The van der Waals surface area contributed by atoms with Gasteiger partial charge in [-0.15, -0.1) is 46.7 Å². The third-order valence-electron chi connectivity index (χ3n) is 3.05. The first-order valence-corrected chi connectivity index (χ1v) is 8.42. The Hall–Kier alpha value is -0.600. The van der Waals surface area contributed by atoms with Crippen molar-refractivity contribution in [2.45, 2.75) is 26.3 Å². The summed E-state index contributed by atoms with van der Waals surface area (Å²) in [6, 6.07) is 8.59. The number of thiophene rings is 2. The topological polar surface area (TPSA) is 36.4 Å². The molecular formula is C15H22IN3S2. The highest BCUT2D eigenvalue weighted by Gasteiger charge is 2.07. The molecule has 0 aliphatic heterocycles. The molecule has 2 N–H and O–H groups in total. The van der Waals surface area contributed by atoms with E-state index in [0.29, 0.717) is 5.92 Å². The highest BCUT2D eigenvalue weighted by atomic mass is 127. The molecule has 6 heteroatoms. The van der Waals surface area contributed by atoms with Crippen molar-refractivity contribution in [3.8, 4) is 0 Å². The molecule has 0 saturated carbocycles. The minimum atomic E-state index is 0. The Kier molecular flexibility index (Phi) is 8.28. The summed E-state index contributed by atoms with van der Waals surface area (Å²) < 4.78 is 0. The maximum Gasteiger partial charge on any atom is 0.191 e. The van der Waals surface area contributed by atoms with Gasteiger partial charge in [-0.25, -0.2) is 0 Å². The minimum absolute atomic E-state index is 0. The van der Waals surface area contributed by atoms with Crippen LogP contribution in [0.15, 0.2) is 34.6 Å². The number of hydrogen-bond acceptors (Lipinski definition) is 3. The number of nitrogens with zero attached hydrogens (tertiary/aromatic N) is 1. The van der Waals surface area contributed by atoms with E-state index in [9.17, 15) is 0 Å². The van der Waals surface area contributed by atoms with Crippen LogP contribution in [-0.2, 0) is 6.54 Å². The van der Waals surface area contributed by atoms with Crippen LogP contribution in [0.3, 0.4) is 0 Å². The van der Waals surface area contributed by atoms with Gasteiger partial charge in [0.15, 0.2) is 5.96 Å². The van der Waals surface area contributed by atoms with Crippen LogP contribution in [-0.4, -0.2) is 19.6 Å². The lowest BCUT2D eigenvalue weighted by Gasteiger charge is -2.14. The minimum Gasteiger partial charge on any atom is -0.356 e. The van der Waals surface area contributed by atoms with Crippen LogP contribution in [0.4, 0.5) is 0 Å². The fraction of sp³-hybridized carbons (Fsp3) is 0.400. The number of aliphatic imine (C=N–C) groups is 1. The Balaban J connectivity index is 0.00000220. The first kappa shape index (κ1) is 18.4. The lowest BCUT2D eigenvalue weighted by Crippen LogP contribution is -2.38. The van der Waals surface area contributed by atoms with Crippen LogP contribution in [0.2, 0.25) is 0 Å². The van der Waals surface area contributed by atoms with E-state index in [-0.39, 0.29) is 24.0 Å². The molecule has 1 atom stereocenters. The molecule has 2 aromatic heterocycles. The molecule has 0 radical (unpaired) electrons. The molecule has 2 rings (SSSR count). The molecular weight excluding hydrogens is 413 g/mol. The molecule has 116 valence electrons. The van der Waals surface area contributed by atoms with Crippen molar-refractivity contribution in [3.05, 3.63) is 44.3 Å². The second-order valence-electron chi connectivity index (χ2n) is 4.74. The standard InChI is InChI=1S/C15H21N3S2.HI/c1-11(14-5-4-8-19-14)9-17-15(16-3)18-10-13-7-6-12(2)20-13;/h4-8,11H,9-10H2,1-3H3,(H2,16,17,18);1H. The van der Waals surface area contributed by atoms with Gasteiger partial charge in [-0.05, 0) is 30.5 Å². The van der Waals surface area contributed by atoms with Gasteiger partial charge in [-0.1, -0.05) is 13.0 Å². The third kappa shape index (κ3) is 5.96. The first-order valence-electron chi connectivity index (χ1n) is 6.72. The highest BCUT2D eigenvalue weighted by molar-refractivity contribution is 14.0. The molecule has 0 saturated heterocycles. The Morgan fingerprint density at radius 3 is 2.67 bits per heavy atom. The number of guanidine groups is 1. The summed E-state index contributed by atoms with van der Waals surface area (Å²) >= 11 is 3.62. The number of nitrogens with one attached hydrogen (secondary N) is 2. The van der Waals surface area contributed by atoms with Crippen LogP contribution in [0.25, 0.3) is 0 Å². The van der Waals surface area contributed by atoms with Gasteiger partial charge >= 0.3 is 0 Å². The summed E-state index contributed by atoms with van der Waals surface area (Å²) in [4.78, 5) is 8.34. The maximum absolute atomic E-state index is 4.27. The Morgan fingerprint density at radius 1 is 1.29 bits per heavy atom. The fourth-order valence-corrected chi connectivity index (χ4v) is 3.51. The van der Waals surface area contributed by atoms with Crippen molar-refractivity contribution < 1.29 is 0 Å². The number of hydrogen-bond donors (Lipinski definition) is 2. The molecule has 0 fully saturated rings. The number of halogens is 1. The van der Waals surface area contributed by atoms with Crippen molar-refractivity contribution in [1.29, 1.82) is 0 Å². The molecule has 0 aromatic carbocycles. The molecule has 3 nitrogen and oxygen atoms in total. The van der Waals surface area contributed by atoms with Crippen molar-refractivity contribution in [2.24, 2.45) is 4.99 Å². The molecule has 2 aromatic rings. The van der Waals surface area contributed by atoms with Gasteiger partial charge in [-0.2, -0.15) is 0 Å². The first-order chi connectivity index (χ1) is 9.69. The molecule has 0 amide bonds. The largest absolute Gasteiger partial charge is 0.356 e. The zero-order valence-electron chi connectivity index (χ0n) is 12.6. The van der Waals surface area contributed by atoms with Gasteiger partial charge in [0.2, 0.25) is 0 Å². The van der Waals surface area contributed by atoms with E-state index in [0.717, 1.165) is 19.0 Å². The predicted molar refractivity (Wildman–Crippen MR) is 105 cm³/mol.